The molecule has 3 aromatic carbocycles. The number of amides is 1. The van der Waals surface area contributed by atoms with E-state index in [1.165, 1.54) is 23.1 Å². The second-order valence-electron chi connectivity index (χ2n) is 6.62. The lowest BCUT2D eigenvalue weighted by Crippen LogP contribution is -2.13. The number of hydrogen-bond donors (Lipinski definition) is 1. The number of rotatable bonds is 6. The van der Waals surface area contributed by atoms with Crippen LogP contribution < -0.4 is 10.1 Å². The summed E-state index contributed by atoms with van der Waals surface area (Å²) in [6.45, 7) is 0. The highest BCUT2D eigenvalue weighted by atomic mass is 32.2. The van der Waals surface area contributed by atoms with Crippen molar-refractivity contribution in [2.75, 3.05) is 18.2 Å². The van der Waals surface area contributed by atoms with Gasteiger partial charge in [0.1, 0.15) is 5.75 Å². The molecule has 0 aliphatic heterocycles. The molecule has 0 radical (unpaired) electrons. The molecule has 0 aliphatic rings. The smallest absolute Gasteiger partial charge is 0.277 e. The first-order valence-electron chi connectivity index (χ1n) is 9.38. The number of methoxy groups -OCH3 is 1. The molecule has 0 unspecified atom stereocenters. The van der Waals surface area contributed by atoms with E-state index in [4.69, 9.17) is 9.15 Å². The predicted molar refractivity (Wildman–Crippen MR) is 123 cm³/mol. The van der Waals surface area contributed by atoms with E-state index in [0.717, 1.165) is 32.3 Å². The zero-order valence-electron chi connectivity index (χ0n) is 16.4. The normalized spacial score (nSPS) is 11.1. The summed E-state index contributed by atoms with van der Waals surface area (Å²) >= 11 is 2.58. The van der Waals surface area contributed by atoms with Crippen LogP contribution in [0.15, 0.2) is 70.3 Å². The standard InChI is InChI=1S/C22H16N4O3S2/c1-28-16-8-9-17-18(11-16)31-21(23-17)24-19(27)12-30-22-26-25-20(29-22)15-7-6-13-4-2-3-5-14(13)10-15/h2-11H,12H2,1H3,(H,23,24,27). The van der Waals surface area contributed by atoms with E-state index in [2.05, 4.69) is 26.6 Å². The van der Waals surface area contributed by atoms with E-state index in [9.17, 15) is 4.79 Å². The van der Waals surface area contributed by atoms with Crippen LogP contribution in [0.5, 0.6) is 5.75 Å². The number of nitrogens with zero attached hydrogens (tertiary/aromatic N) is 3. The lowest BCUT2D eigenvalue weighted by Gasteiger charge is -2.00. The van der Waals surface area contributed by atoms with E-state index in [-0.39, 0.29) is 11.7 Å². The van der Waals surface area contributed by atoms with Gasteiger partial charge in [-0.25, -0.2) is 4.98 Å². The number of thiazole rings is 1. The van der Waals surface area contributed by atoms with Crippen molar-refractivity contribution < 1.29 is 13.9 Å². The van der Waals surface area contributed by atoms with Crippen LogP contribution in [0.1, 0.15) is 0 Å². The molecule has 0 aliphatic carbocycles. The van der Waals surface area contributed by atoms with Crippen LogP contribution in [-0.4, -0.2) is 34.0 Å². The first-order valence-corrected chi connectivity index (χ1v) is 11.2. The Bertz CT molecular complexity index is 1400. The molecule has 0 saturated heterocycles. The van der Waals surface area contributed by atoms with Gasteiger partial charge in [0.15, 0.2) is 5.13 Å². The minimum atomic E-state index is -0.193. The Morgan fingerprint density at radius 1 is 1.10 bits per heavy atom. The summed E-state index contributed by atoms with van der Waals surface area (Å²) in [5, 5.41) is 14.1. The summed E-state index contributed by atoms with van der Waals surface area (Å²) in [5.74, 6) is 1.12. The maximum atomic E-state index is 12.3. The van der Waals surface area contributed by atoms with Crippen LogP contribution in [-0.2, 0) is 4.79 Å². The molecule has 2 aromatic heterocycles. The van der Waals surface area contributed by atoms with Crippen molar-refractivity contribution in [3.05, 3.63) is 60.7 Å². The molecule has 154 valence electrons. The highest BCUT2D eigenvalue weighted by molar-refractivity contribution is 7.99. The number of carbonyl (C=O) groups is 1. The van der Waals surface area contributed by atoms with E-state index in [1.807, 2.05) is 54.6 Å². The van der Waals surface area contributed by atoms with Crippen LogP contribution >= 0.6 is 23.1 Å². The minimum absolute atomic E-state index is 0.138. The molecule has 7 nitrogen and oxygen atoms in total. The summed E-state index contributed by atoms with van der Waals surface area (Å²) in [5.41, 5.74) is 1.65. The van der Waals surface area contributed by atoms with Gasteiger partial charge in [-0.1, -0.05) is 53.4 Å². The third-order valence-electron chi connectivity index (χ3n) is 4.57. The Hall–Kier alpha value is -3.43. The van der Waals surface area contributed by atoms with Crippen molar-refractivity contribution in [1.29, 1.82) is 0 Å². The van der Waals surface area contributed by atoms with Gasteiger partial charge < -0.3 is 14.5 Å². The highest BCUT2D eigenvalue weighted by Crippen LogP contribution is 2.30. The van der Waals surface area contributed by atoms with Crippen LogP contribution in [0.2, 0.25) is 0 Å². The van der Waals surface area contributed by atoms with Crippen LogP contribution in [0, 0.1) is 0 Å². The molecule has 5 aromatic rings. The first-order chi connectivity index (χ1) is 15.2. The Morgan fingerprint density at radius 3 is 2.84 bits per heavy atom. The van der Waals surface area contributed by atoms with Gasteiger partial charge in [-0.2, -0.15) is 0 Å². The highest BCUT2D eigenvalue weighted by Gasteiger charge is 2.13. The molecule has 2 heterocycles. The third-order valence-corrected chi connectivity index (χ3v) is 6.32. The van der Waals surface area contributed by atoms with Crippen LogP contribution in [0.25, 0.3) is 32.4 Å². The van der Waals surface area contributed by atoms with Crippen molar-refractivity contribution in [3.8, 4) is 17.2 Å². The quantitative estimate of drug-likeness (QED) is 0.355. The number of fused-ring (bicyclic) bond motifs is 2. The number of hydrogen-bond acceptors (Lipinski definition) is 8. The predicted octanol–water partition coefficient (Wildman–Crippen LogP) is 5.24. The molecule has 9 heteroatoms. The van der Waals surface area contributed by atoms with Gasteiger partial charge in [0, 0.05) is 5.56 Å². The molecular weight excluding hydrogens is 432 g/mol. The SMILES string of the molecule is COc1ccc2nc(NC(=O)CSc3nnc(-c4ccc5ccccc5c4)o3)sc2c1. The van der Waals surface area contributed by atoms with Gasteiger partial charge in [0.2, 0.25) is 11.8 Å². The monoisotopic (exact) mass is 448 g/mol. The Balaban J connectivity index is 1.23. The Labute approximate surface area is 185 Å². The fraction of sp³-hybridized carbons (Fsp3) is 0.0909. The number of anilines is 1. The van der Waals surface area contributed by atoms with E-state index < -0.39 is 0 Å². The Morgan fingerprint density at radius 2 is 1.97 bits per heavy atom. The zero-order chi connectivity index (χ0) is 21.2. The van der Waals surface area contributed by atoms with Crippen LogP contribution in [0.4, 0.5) is 5.13 Å². The lowest BCUT2D eigenvalue weighted by molar-refractivity contribution is -0.113. The average Bonchev–Trinajstić information content (AvgIpc) is 3.43. The fourth-order valence-corrected chi connectivity index (χ4v) is 4.55. The second kappa shape index (κ2) is 8.37. The average molecular weight is 449 g/mol. The fourth-order valence-electron chi connectivity index (χ4n) is 3.08. The summed E-state index contributed by atoms with van der Waals surface area (Å²) in [4.78, 5) is 16.8. The van der Waals surface area contributed by atoms with Gasteiger partial charge >= 0.3 is 0 Å². The number of aromatic nitrogens is 3. The molecule has 0 saturated carbocycles. The van der Waals surface area contributed by atoms with Gasteiger partial charge in [-0.05, 0) is 41.1 Å². The molecule has 0 atom stereocenters. The third kappa shape index (κ3) is 4.23. The van der Waals surface area contributed by atoms with E-state index >= 15 is 0 Å². The van der Waals surface area contributed by atoms with Gasteiger partial charge in [-0.15, -0.1) is 10.2 Å². The number of carbonyl (C=O) groups excluding carboxylic acids is 1. The summed E-state index contributed by atoms with van der Waals surface area (Å²) in [7, 11) is 1.62. The molecule has 5 rings (SSSR count). The second-order valence-corrected chi connectivity index (χ2v) is 8.58. The number of nitrogens with one attached hydrogen (secondary N) is 1. The molecule has 0 bridgehead atoms. The van der Waals surface area contributed by atoms with Crippen molar-refractivity contribution >= 4 is 55.1 Å². The van der Waals surface area contributed by atoms with Crippen molar-refractivity contribution in [1.82, 2.24) is 15.2 Å². The minimum Gasteiger partial charge on any atom is -0.497 e. The topological polar surface area (TPSA) is 90.1 Å². The van der Waals surface area contributed by atoms with Crippen molar-refractivity contribution in [3.63, 3.8) is 0 Å². The van der Waals surface area contributed by atoms with Gasteiger partial charge in [0.25, 0.3) is 5.22 Å². The zero-order valence-corrected chi connectivity index (χ0v) is 18.0. The molecular formula is C22H16N4O3S2. The largest absolute Gasteiger partial charge is 0.497 e. The summed E-state index contributed by atoms with van der Waals surface area (Å²) < 4.78 is 11.9. The molecule has 1 N–H and O–H groups in total. The summed E-state index contributed by atoms with van der Waals surface area (Å²) in [6, 6.07) is 19.6. The number of benzene rings is 3. The van der Waals surface area contributed by atoms with Gasteiger partial charge in [-0.3, -0.25) is 4.79 Å². The molecule has 31 heavy (non-hydrogen) atoms. The molecule has 0 fully saturated rings. The van der Waals surface area contributed by atoms with Gasteiger partial charge in [0.05, 0.1) is 23.1 Å². The molecule has 1 amide bonds. The summed E-state index contributed by atoms with van der Waals surface area (Å²) in [6.07, 6.45) is 0. The van der Waals surface area contributed by atoms with Crippen molar-refractivity contribution in [2.45, 2.75) is 5.22 Å². The van der Waals surface area contributed by atoms with E-state index in [1.54, 1.807) is 7.11 Å². The van der Waals surface area contributed by atoms with Crippen LogP contribution in [0.3, 0.4) is 0 Å². The number of ether oxygens (including phenoxy) is 1. The van der Waals surface area contributed by atoms with Crippen molar-refractivity contribution in [2.24, 2.45) is 0 Å². The molecule has 0 spiro atoms. The maximum absolute atomic E-state index is 12.3. The van der Waals surface area contributed by atoms with E-state index in [0.29, 0.717) is 16.2 Å². The first kappa shape index (κ1) is 19.5. The number of thioether (sulfide) groups is 1. The maximum Gasteiger partial charge on any atom is 0.277 e. The Kier molecular flexibility index (Phi) is 5.27. The lowest BCUT2D eigenvalue weighted by atomic mass is 10.1.